The standard InChI is InChI=1S/C26H29FN6O/c1-3-23-25-16-24(29-33(25)17-19(2)28-23)20-5-4-6-21-7-8-22(18-32(21)26(34)15-20)31-13-11-30(10-9-27)12-14-31/h4-8,15-18H,3,9-14H2,1-2H3/b5-4+,20-15+,21-6+. The highest BCUT2D eigenvalue weighted by molar-refractivity contribution is 5.99. The average molecular weight is 461 g/mol. The highest BCUT2D eigenvalue weighted by atomic mass is 19.1. The van der Waals surface area contributed by atoms with Crippen molar-refractivity contribution in [1.29, 1.82) is 0 Å². The maximum atomic E-state index is 13.3. The zero-order valence-corrected chi connectivity index (χ0v) is 19.6. The highest BCUT2D eigenvalue weighted by Gasteiger charge is 2.23. The largest absolute Gasteiger partial charge is 0.368 e. The number of aryl methyl sites for hydroxylation is 2. The van der Waals surface area contributed by atoms with Crippen LogP contribution < -0.4 is 0 Å². The molecule has 1 saturated heterocycles. The van der Waals surface area contributed by atoms with Crippen molar-refractivity contribution < 1.29 is 9.18 Å². The molecular weight excluding hydrogens is 431 g/mol. The van der Waals surface area contributed by atoms with Crippen LogP contribution in [-0.4, -0.2) is 74.6 Å². The lowest BCUT2D eigenvalue weighted by atomic mass is 10.1. The van der Waals surface area contributed by atoms with E-state index < -0.39 is 0 Å². The Bertz CT molecular complexity index is 1260. The molecule has 0 N–H and O–H groups in total. The molecule has 5 heterocycles. The third-order valence-corrected chi connectivity index (χ3v) is 6.44. The van der Waals surface area contributed by atoms with E-state index in [4.69, 9.17) is 5.10 Å². The van der Waals surface area contributed by atoms with Gasteiger partial charge in [0.2, 0.25) is 0 Å². The fraction of sp³-hybridized carbons (Fsp3) is 0.346. The molecule has 0 spiro atoms. The van der Waals surface area contributed by atoms with E-state index in [0.717, 1.165) is 72.2 Å². The van der Waals surface area contributed by atoms with Gasteiger partial charge in [0, 0.05) is 56.3 Å². The van der Waals surface area contributed by atoms with Gasteiger partial charge in [-0.05, 0) is 37.6 Å². The lowest BCUT2D eigenvalue weighted by Crippen LogP contribution is -2.46. The van der Waals surface area contributed by atoms with Crippen LogP contribution in [0.5, 0.6) is 0 Å². The molecule has 0 bridgehead atoms. The summed E-state index contributed by atoms with van der Waals surface area (Å²) in [6.45, 7) is 7.47. The normalized spacial score (nSPS) is 23.0. The maximum absolute atomic E-state index is 13.3. The van der Waals surface area contributed by atoms with Gasteiger partial charge in [0.15, 0.2) is 0 Å². The number of allylic oxidation sites excluding steroid dienone is 6. The first-order valence-electron chi connectivity index (χ1n) is 11.8. The van der Waals surface area contributed by atoms with Gasteiger partial charge in [-0.3, -0.25) is 19.6 Å². The number of hydrogen-bond donors (Lipinski definition) is 0. The number of carbonyl (C=O) groups is 1. The Hall–Kier alpha value is -3.52. The van der Waals surface area contributed by atoms with E-state index in [1.54, 1.807) is 11.0 Å². The predicted octanol–water partition coefficient (Wildman–Crippen LogP) is 3.26. The second-order valence-electron chi connectivity index (χ2n) is 8.71. The minimum atomic E-state index is -0.316. The van der Waals surface area contributed by atoms with Gasteiger partial charge in [-0.15, -0.1) is 0 Å². The number of piperazine rings is 1. The molecule has 0 unspecified atom stereocenters. The molecule has 1 fully saturated rings. The van der Waals surface area contributed by atoms with Crippen LogP contribution in [0, 0.1) is 6.92 Å². The summed E-state index contributed by atoms with van der Waals surface area (Å²) in [4.78, 5) is 24.0. The summed E-state index contributed by atoms with van der Waals surface area (Å²) >= 11 is 0. The van der Waals surface area contributed by atoms with E-state index in [-0.39, 0.29) is 12.6 Å². The summed E-state index contributed by atoms with van der Waals surface area (Å²) in [7, 11) is 0. The predicted molar refractivity (Wildman–Crippen MR) is 130 cm³/mol. The summed E-state index contributed by atoms with van der Waals surface area (Å²) in [5, 5.41) is 4.72. The van der Waals surface area contributed by atoms with Crippen molar-refractivity contribution in [2.45, 2.75) is 20.3 Å². The maximum Gasteiger partial charge on any atom is 0.255 e. The molecular formula is C26H29FN6O. The lowest BCUT2D eigenvalue weighted by Gasteiger charge is -2.37. The van der Waals surface area contributed by atoms with E-state index in [2.05, 4.69) is 21.7 Å². The molecule has 0 aromatic carbocycles. The van der Waals surface area contributed by atoms with Crippen molar-refractivity contribution in [2.24, 2.45) is 0 Å². The van der Waals surface area contributed by atoms with Crippen LogP contribution in [0.3, 0.4) is 0 Å². The molecule has 2 aromatic heterocycles. The van der Waals surface area contributed by atoms with Crippen LogP contribution in [0.15, 0.2) is 66.3 Å². The second kappa shape index (κ2) is 9.38. The first-order valence-corrected chi connectivity index (χ1v) is 11.8. The molecule has 5 rings (SSSR count). The zero-order chi connectivity index (χ0) is 23.7. The van der Waals surface area contributed by atoms with Crippen LogP contribution in [0.2, 0.25) is 0 Å². The van der Waals surface area contributed by atoms with E-state index in [0.29, 0.717) is 6.54 Å². The monoisotopic (exact) mass is 460 g/mol. The SMILES string of the molecule is CCc1nc(C)cn2nc(C3=C\C(=O)N4C=C(N5CCN(CCF)CC5)C=C\C4=C/C=C/3)cc12. The number of rotatable bonds is 5. The minimum Gasteiger partial charge on any atom is -0.368 e. The number of carbonyl (C=O) groups excluding carboxylic acids is 1. The molecule has 176 valence electrons. The molecule has 7 nitrogen and oxygen atoms in total. The first-order chi connectivity index (χ1) is 16.6. The van der Waals surface area contributed by atoms with E-state index >= 15 is 0 Å². The van der Waals surface area contributed by atoms with Crippen molar-refractivity contribution in [3.63, 3.8) is 0 Å². The van der Waals surface area contributed by atoms with Crippen LogP contribution in [0.25, 0.3) is 11.1 Å². The Morgan fingerprint density at radius 1 is 1.09 bits per heavy atom. The summed E-state index contributed by atoms with van der Waals surface area (Å²) in [5.74, 6) is -0.120. The first kappa shape index (κ1) is 22.3. The zero-order valence-electron chi connectivity index (χ0n) is 19.6. The number of hydrogen-bond acceptors (Lipinski definition) is 5. The van der Waals surface area contributed by atoms with Crippen LogP contribution in [0.4, 0.5) is 4.39 Å². The number of halogens is 1. The van der Waals surface area contributed by atoms with Gasteiger partial charge in [0.05, 0.1) is 34.5 Å². The number of aromatic nitrogens is 3. The minimum absolute atomic E-state index is 0.120. The fourth-order valence-electron chi connectivity index (χ4n) is 4.61. The van der Waals surface area contributed by atoms with Gasteiger partial charge in [0.1, 0.15) is 6.67 Å². The van der Waals surface area contributed by atoms with Crippen LogP contribution >= 0.6 is 0 Å². The highest BCUT2D eigenvalue weighted by Crippen LogP contribution is 2.26. The van der Waals surface area contributed by atoms with Crippen LogP contribution in [0.1, 0.15) is 24.0 Å². The quantitative estimate of drug-likeness (QED) is 0.686. The van der Waals surface area contributed by atoms with Crippen molar-refractivity contribution in [1.82, 2.24) is 29.3 Å². The van der Waals surface area contributed by atoms with Gasteiger partial charge >= 0.3 is 0 Å². The summed E-state index contributed by atoms with van der Waals surface area (Å²) in [5.41, 5.74) is 6.16. The summed E-state index contributed by atoms with van der Waals surface area (Å²) < 4.78 is 14.5. The Kier molecular flexibility index (Phi) is 6.15. The molecule has 0 radical (unpaired) electrons. The van der Waals surface area contributed by atoms with Crippen molar-refractivity contribution >= 4 is 17.0 Å². The summed E-state index contributed by atoms with van der Waals surface area (Å²) in [6, 6.07) is 2.00. The molecule has 3 aliphatic heterocycles. The molecule has 34 heavy (non-hydrogen) atoms. The van der Waals surface area contributed by atoms with E-state index in [1.165, 1.54) is 0 Å². The third kappa shape index (κ3) is 4.33. The smallest absolute Gasteiger partial charge is 0.255 e. The summed E-state index contributed by atoms with van der Waals surface area (Å²) in [6.07, 6.45) is 16.1. The number of amides is 1. The second-order valence-corrected chi connectivity index (χ2v) is 8.71. The van der Waals surface area contributed by atoms with Gasteiger partial charge in [-0.25, -0.2) is 8.91 Å². The Balaban J connectivity index is 1.42. The Labute approximate surface area is 198 Å². The Morgan fingerprint density at radius 3 is 2.65 bits per heavy atom. The number of alkyl halides is 1. The van der Waals surface area contributed by atoms with Gasteiger partial charge in [-0.1, -0.05) is 19.1 Å². The third-order valence-electron chi connectivity index (χ3n) is 6.44. The molecule has 2 aromatic rings. The van der Waals surface area contributed by atoms with Gasteiger partial charge < -0.3 is 4.90 Å². The van der Waals surface area contributed by atoms with Crippen molar-refractivity contribution in [3.8, 4) is 0 Å². The van der Waals surface area contributed by atoms with Gasteiger partial charge in [-0.2, -0.15) is 5.10 Å². The van der Waals surface area contributed by atoms with E-state index in [9.17, 15) is 9.18 Å². The fourth-order valence-corrected chi connectivity index (χ4v) is 4.61. The van der Waals surface area contributed by atoms with E-state index in [1.807, 2.05) is 60.3 Å². The molecule has 0 atom stereocenters. The van der Waals surface area contributed by atoms with Crippen molar-refractivity contribution in [3.05, 3.63) is 83.4 Å². The number of nitrogens with zero attached hydrogens (tertiary/aromatic N) is 6. The average Bonchev–Trinajstić information content (AvgIpc) is 3.26. The molecule has 8 heteroatoms. The topological polar surface area (TPSA) is 57.0 Å². The molecule has 0 saturated carbocycles. The molecule has 1 amide bonds. The van der Waals surface area contributed by atoms with Crippen molar-refractivity contribution in [2.75, 3.05) is 39.4 Å². The molecule has 0 aliphatic carbocycles. The number of fused-ring (bicyclic) bond motifs is 2. The van der Waals surface area contributed by atoms with Crippen LogP contribution in [-0.2, 0) is 11.2 Å². The van der Waals surface area contributed by atoms with Gasteiger partial charge in [0.25, 0.3) is 5.91 Å². The lowest BCUT2D eigenvalue weighted by molar-refractivity contribution is -0.122. The Morgan fingerprint density at radius 2 is 1.88 bits per heavy atom. The molecule has 3 aliphatic rings.